The molecule has 2 rings (SSSR count). The molecule has 0 aliphatic heterocycles. The smallest absolute Gasteiger partial charge is 0.142 e. The van der Waals surface area contributed by atoms with Gasteiger partial charge in [0, 0.05) is 19.8 Å². The standard InChI is InChI=1S/C9H11N4/c1-3-13(2)9-7-4-5-10-8(7)11-6-12-9/h3-6H,1-2H3,(H,10,11,12). The second kappa shape index (κ2) is 3.05. The van der Waals surface area contributed by atoms with Gasteiger partial charge in [-0.1, -0.05) is 0 Å². The zero-order chi connectivity index (χ0) is 9.26. The molecule has 67 valence electrons. The van der Waals surface area contributed by atoms with Crippen molar-refractivity contribution in [2.75, 3.05) is 11.9 Å². The lowest BCUT2D eigenvalue weighted by Gasteiger charge is -2.14. The van der Waals surface area contributed by atoms with Gasteiger partial charge in [0.25, 0.3) is 0 Å². The predicted octanol–water partition coefficient (Wildman–Crippen LogP) is 1.58. The summed E-state index contributed by atoms with van der Waals surface area (Å²) in [5.41, 5.74) is 0.874. The highest BCUT2D eigenvalue weighted by molar-refractivity contribution is 5.87. The zero-order valence-electron chi connectivity index (χ0n) is 7.65. The maximum atomic E-state index is 4.21. The molecule has 2 aromatic heterocycles. The van der Waals surface area contributed by atoms with E-state index in [-0.39, 0.29) is 0 Å². The molecule has 4 heteroatoms. The molecule has 13 heavy (non-hydrogen) atoms. The summed E-state index contributed by atoms with van der Waals surface area (Å²) in [6, 6.07) is 1.98. The second-order valence-corrected chi connectivity index (χ2v) is 2.81. The normalized spacial score (nSPS) is 10.6. The van der Waals surface area contributed by atoms with Crippen LogP contribution in [0.25, 0.3) is 11.0 Å². The third-order valence-corrected chi connectivity index (χ3v) is 2.05. The van der Waals surface area contributed by atoms with Crippen LogP contribution in [0.4, 0.5) is 5.82 Å². The Balaban J connectivity index is 2.60. The number of nitrogens with zero attached hydrogens (tertiary/aromatic N) is 3. The number of aromatic nitrogens is 3. The fourth-order valence-corrected chi connectivity index (χ4v) is 1.26. The summed E-state index contributed by atoms with van der Waals surface area (Å²) in [6.07, 6.45) is 3.43. The van der Waals surface area contributed by atoms with Crippen molar-refractivity contribution in [3.05, 3.63) is 25.1 Å². The van der Waals surface area contributed by atoms with Gasteiger partial charge >= 0.3 is 0 Å². The summed E-state index contributed by atoms with van der Waals surface area (Å²) in [4.78, 5) is 13.3. The molecule has 0 bridgehead atoms. The van der Waals surface area contributed by atoms with Gasteiger partial charge in [-0.05, 0) is 13.0 Å². The minimum Gasteiger partial charge on any atom is -0.354 e. The van der Waals surface area contributed by atoms with E-state index in [1.807, 2.05) is 37.7 Å². The second-order valence-electron chi connectivity index (χ2n) is 2.81. The van der Waals surface area contributed by atoms with Crippen LogP contribution in [-0.2, 0) is 0 Å². The van der Waals surface area contributed by atoms with Crippen molar-refractivity contribution in [1.29, 1.82) is 0 Å². The van der Waals surface area contributed by atoms with Crippen LogP contribution in [0.3, 0.4) is 0 Å². The summed E-state index contributed by atoms with van der Waals surface area (Å²) in [7, 11) is 1.97. The Hall–Kier alpha value is -1.58. The molecule has 0 saturated heterocycles. The first-order valence-corrected chi connectivity index (χ1v) is 4.13. The van der Waals surface area contributed by atoms with E-state index in [0.29, 0.717) is 0 Å². The van der Waals surface area contributed by atoms with E-state index in [1.54, 1.807) is 6.33 Å². The zero-order valence-corrected chi connectivity index (χ0v) is 7.65. The van der Waals surface area contributed by atoms with Gasteiger partial charge in [0.05, 0.1) is 5.39 Å². The van der Waals surface area contributed by atoms with Crippen LogP contribution in [0.5, 0.6) is 0 Å². The van der Waals surface area contributed by atoms with Crippen LogP contribution in [0, 0.1) is 6.54 Å². The summed E-state index contributed by atoms with van der Waals surface area (Å²) < 4.78 is 0. The average Bonchev–Trinajstić information content (AvgIpc) is 2.63. The lowest BCUT2D eigenvalue weighted by atomic mass is 10.3. The Morgan fingerprint density at radius 3 is 3.08 bits per heavy atom. The Morgan fingerprint density at radius 2 is 2.31 bits per heavy atom. The van der Waals surface area contributed by atoms with Crippen LogP contribution in [0.2, 0.25) is 0 Å². The van der Waals surface area contributed by atoms with E-state index < -0.39 is 0 Å². The summed E-state index contributed by atoms with van der Waals surface area (Å²) >= 11 is 0. The molecule has 0 aliphatic rings. The van der Waals surface area contributed by atoms with Crippen LogP contribution in [-0.4, -0.2) is 22.0 Å². The topological polar surface area (TPSA) is 44.8 Å². The van der Waals surface area contributed by atoms with E-state index in [2.05, 4.69) is 15.0 Å². The minimum atomic E-state index is 0.874. The van der Waals surface area contributed by atoms with Crippen LogP contribution < -0.4 is 4.90 Å². The molecule has 1 N–H and O–H groups in total. The highest BCUT2D eigenvalue weighted by Crippen LogP contribution is 2.20. The maximum absolute atomic E-state index is 4.21. The fourth-order valence-electron chi connectivity index (χ4n) is 1.26. The van der Waals surface area contributed by atoms with Gasteiger partial charge < -0.3 is 9.88 Å². The average molecular weight is 175 g/mol. The molecule has 0 amide bonds. The van der Waals surface area contributed by atoms with Crippen molar-refractivity contribution >= 4 is 16.9 Å². The first kappa shape index (κ1) is 8.04. The lowest BCUT2D eigenvalue weighted by Crippen LogP contribution is -2.12. The fraction of sp³-hybridized carbons (Fsp3) is 0.222. The lowest BCUT2D eigenvalue weighted by molar-refractivity contribution is 1.03. The van der Waals surface area contributed by atoms with Crippen molar-refractivity contribution in [2.24, 2.45) is 0 Å². The SMILES string of the molecule is C[CH]N(C)c1ncnc2[nH]ccc12. The van der Waals surface area contributed by atoms with Crippen LogP contribution in [0.1, 0.15) is 6.92 Å². The van der Waals surface area contributed by atoms with Crippen molar-refractivity contribution < 1.29 is 0 Å². The van der Waals surface area contributed by atoms with Crippen LogP contribution in [0.15, 0.2) is 18.6 Å². The number of hydrogen-bond acceptors (Lipinski definition) is 3. The Labute approximate surface area is 76.6 Å². The summed E-state index contributed by atoms with van der Waals surface area (Å²) in [5, 5.41) is 1.04. The molecule has 0 aromatic carbocycles. The minimum absolute atomic E-state index is 0.874. The molecule has 0 saturated carbocycles. The summed E-state index contributed by atoms with van der Waals surface area (Å²) in [6.45, 7) is 3.94. The molecule has 4 nitrogen and oxygen atoms in total. The summed E-state index contributed by atoms with van der Waals surface area (Å²) in [5.74, 6) is 0.925. The number of anilines is 1. The van der Waals surface area contributed by atoms with E-state index in [0.717, 1.165) is 16.9 Å². The number of rotatable bonds is 2. The van der Waals surface area contributed by atoms with Crippen molar-refractivity contribution in [1.82, 2.24) is 15.0 Å². The molecule has 1 radical (unpaired) electrons. The van der Waals surface area contributed by atoms with Crippen molar-refractivity contribution in [2.45, 2.75) is 6.92 Å². The first-order chi connectivity index (χ1) is 6.33. The van der Waals surface area contributed by atoms with Crippen molar-refractivity contribution in [3.8, 4) is 0 Å². The molecule has 0 fully saturated rings. The van der Waals surface area contributed by atoms with Gasteiger partial charge in [-0.25, -0.2) is 9.97 Å². The Kier molecular flexibility index (Phi) is 1.88. The predicted molar refractivity (Wildman–Crippen MR) is 52.3 cm³/mol. The Morgan fingerprint density at radius 1 is 1.46 bits per heavy atom. The van der Waals surface area contributed by atoms with Gasteiger partial charge in [0.1, 0.15) is 17.8 Å². The van der Waals surface area contributed by atoms with Gasteiger partial charge in [0.15, 0.2) is 0 Å². The maximum Gasteiger partial charge on any atom is 0.142 e. The monoisotopic (exact) mass is 175 g/mol. The van der Waals surface area contributed by atoms with E-state index in [1.165, 1.54) is 0 Å². The quantitative estimate of drug-likeness (QED) is 0.753. The van der Waals surface area contributed by atoms with Crippen LogP contribution >= 0.6 is 0 Å². The molecule has 0 spiro atoms. The number of fused-ring (bicyclic) bond motifs is 1. The Bertz CT molecular complexity index is 407. The van der Waals surface area contributed by atoms with Gasteiger partial charge in [0.2, 0.25) is 0 Å². The number of nitrogens with one attached hydrogen (secondary N) is 1. The third kappa shape index (κ3) is 1.24. The van der Waals surface area contributed by atoms with E-state index in [4.69, 9.17) is 0 Å². The number of H-pyrrole nitrogens is 1. The molecule has 0 unspecified atom stereocenters. The third-order valence-electron chi connectivity index (χ3n) is 2.05. The largest absolute Gasteiger partial charge is 0.354 e. The highest BCUT2D eigenvalue weighted by Gasteiger charge is 2.06. The molecule has 0 atom stereocenters. The van der Waals surface area contributed by atoms with Gasteiger partial charge in [-0.2, -0.15) is 0 Å². The number of aromatic amines is 1. The molecule has 0 aliphatic carbocycles. The number of hydrogen-bond donors (Lipinski definition) is 1. The van der Waals surface area contributed by atoms with Gasteiger partial charge in [-0.15, -0.1) is 0 Å². The van der Waals surface area contributed by atoms with E-state index in [9.17, 15) is 0 Å². The molecule has 2 heterocycles. The molecular weight excluding hydrogens is 164 g/mol. The van der Waals surface area contributed by atoms with E-state index >= 15 is 0 Å². The van der Waals surface area contributed by atoms with Gasteiger partial charge in [-0.3, -0.25) is 0 Å². The first-order valence-electron chi connectivity index (χ1n) is 4.13. The highest BCUT2D eigenvalue weighted by atomic mass is 15.2. The molecule has 2 aromatic rings. The molecular formula is C9H11N4. The van der Waals surface area contributed by atoms with Crippen molar-refractivity contribution in [3.63, 3.8) is 0 Å².